The second-order valence-corrected chi connectivity index (χ2v) is 9.46. The van der Waals surface area contributed by atoms with Crippen LogP contribution in [0.15, 0.2) is 58.4 Å². The van der Waals surface area contributed by atoms with E-state index in [1.54, 1.807) is 41.5 Å². The van der Waals surface area contributed by atoms with Gasteiger partial charge in [0.2, 0.25) is 10.0 Å². The summed E-state index contributed by atoms with van der Waals surface area (Å²) >= 11 is 3.36. The highest BCUT2D eigenvalue weighted by atomic mass is 79.9. The number of ether oxygens (including phenoxy) is 1. The van der Waals surface area contributed by atoms with Crippen LogP contribution in [0.25, 0.3) is 5.82 Å². The molecule has 4 rings (SSSR count). The molecule has 0 aliphatic carbocycles. The van der Waals surface area contributed by atoms with Crippen molar-refractivity contribution in [3.63, 3.8) is 0 Å². The minimum absolute atomic E-state index is 0.177. The van der Waals surface area contributed by atoms with Crippen LogP contribution in [0.4, 0.5) is 5.82 Å². The third-order valence-corrected chi connectivity index (χ3v) is 7.20. The molecule has 11 heteroatoms. The lowest BCUT2D eigenvalue weighted by atomic mass is 10.3. The van der Waals surface area contributed by atoms with Crippen molar-refractivity contribution < 1.29 is 13.2 Å². The van der Waals surface area contributed by atoms with E-state index in [4.69, 9.17) is 4.74 Å². The van der Waals surface area contributed by atoms with Crippen molar-refractivity contribution in [1.82, 2.24) is 24.1 Å². The van der Waals surface area contributed by atoms with Crippen LogP contribution in [0.3, 0.4) is 0 Å². The first kappa shape index (κ1) is 20.8. The maximum Gasteiger partial charge on any atom is 0.246 e. The molecule has 0 unspecified atom stereocenters. The van der Waals surface area contributed by atoms with E-state index in [1.165, 1.54) is 4.31 Å². The Kier molecular flexibility index (Phi) is 6.02. The molecule has 3 heterocycles. The molecule has 0 saturated carbocycles. The first-order valence-corrected chi connectivity index (χ1v) is 11.7. The minimum Gasteiger partial charge on any atom is -0.492 e. The van der Waals surface area contributed by atoms with Gasteiger partial charge in [0, 0.05) is 43.0 Å². The molecule has 0 amide bonds. The van der Waals surface area contributed by atoms with Gasteiger partial charge < -0.3 is 9.64 Å². The van der Waals surface area contributed by atoms with Crippen LogP contribution in [-0.2, 0) is 10.0 Å². The third-order valence-electron chi connectivity index (χ3n) is 4.79. The van der Waals surface area contributed by atoms with Crippen LogP contribution in [0.2, 0.25) is 0 Å². The molecule has 0 N–H and O–H groups in total. The number of nitrogens with zero attached hydrogens (tertiary/aromatic N) is 6. The van der Waals surface area contributed by atoms with Gasteiger partial charge >= 0.3 is 0 Å². The van der Waals surface area contributed by atoms with E-state index in [-0.39, 0.29) is 4.90 Å². The Bertz CT molecular complexity index is 1100. The predicted octanol–water partition coefficient (Wildman–Crippen LogP) is 2.33. The summed E-state index contributed by atoms with van der Waals surface area (Å²) in [6, 6.07) is 8.78. The van der Waals surface area contributed by atoms with Gasteiger partial charge in [0.25, 0.3) is 0 Å². The molecule has 0 bridgehead atoms. The predicted molar refractivity (Wildman–Crippen MR) is 115 cm³/mol. The van der Waals surface area contributed by atoms with Gasteiger partial charge in [-0.3, -0.25) is 4.57 Å². The smallest absolute Gasteiger partial charge is 0.246 e. The third kappa shape index (κ3) is 4.18. The fraction of sp³-hybridized carbons (Fsp3) is 0.316. The minimum atomic E-state index is -3.67. The Hall–Kier alpha value is -2.50. The average molecular weight is 493 g/mol. The molecule has 1 fully saturated rings. The quantitative estimate of drug-likeness (QED) is 0.521. The fourth-order valence-electron chi connectivity index (χ4n) is 3.27. The van der Waals surface area contributed by atoms with E-state index < -0.39 is 10.0 Å². The van der Waals surface area contributed by atoms with Crippen molar-refractivity contribution in [3.05, 3.63) is 53.5 Å². The number of anilines is 1. The van der Waals surface area contributed by atoms with Crippen molar-refractivity contribution in [1.29, 1.82) is 0 Å². The number of imidazole rings is 1. The highest BCUT2D eigenvalue weighted by Gasteiger charge is 2.31. The molecular weight excluding hydrogens is 472 g/mol. The second-order valence-electron chi connectivity index (χ2n) is 6.63. The molecule has 158 valence electrons. The molecule has 1 saturated heterocycles. The summed E-state index contributed by atoms with van der Waals surface area (Å²) in [4.78, 5) is 6.21. The highest BCUT2D eigenvalue weighted by Crippen LogP contribution is 2.31. The summed E-state index contributed by atoms with van der Waals surface area (Å²) in [6.45, 7) is 3.98. The van der Waals surface area contributed by atoms with Gasteiger partial charge in [0.1, 0.15) is 17.0 Å². The van der Waals surface area contributed by atoms with E-state index in [0.717, 1.165) is 0 Å². The summed E-state index contributed by atoms with van der Waals surface area (Å²) < 4.78 is 35.9. The van der Waals surface area contributed by atoms with Gasteiger partial charge in [0.15, 0.2) is 11.6 Å². The molecule has 2 aromatic heterocycles. The van der Waals surface area contributed by atoms with Gasteiger partial charge in [-0.1, -0.05) is 15.9 Å². The Morgan fingerprint density at radius 3 is 2.43 bits per heavy atom. The Labute approximate surface area is 183 Å². The average Bonchev–Trinajstić information content (AvgIpc) is 3.30. The molecular formula is C19H21BrN6O3S. The van der Waals surface area contributed by atoms with Crippen molar-refractivity contribution in [2.75, 3.05) is 37.7 Å². The number of halogens is 1. The van der Waals surface area contributed by atoms with Crippen molar-refractivity contribution >= 4 is 31.8 Å². The summed E-state index contributed by atoms with van der Waals surface area (Å²) in [5.41, 5.74) is 0. The molecule has 1 aliphatic rings. The SMILES string of the molecule is CCOc1ccc(Br)cc1S(=O)(=O)N1CCN(c2ccc(-n3ccnc3)nn2)CC1. The van der Waals surface area contributed by atoms with E-state index in [0.29, 0.717) is 54.6 Å². The van der Waals surface area contributed by atoms with Crippen LogP contribution in [0.1, 0.15) is 6.92 Å². The van der Waals surface area contributed by atoms with Crippen molar-refractivity contribution in [2.24, 2.45) is 0 Å². The van der Waals surface area contributed by atoms with Crippen LogP contribution in [0.5, 0.6) is 5.75 Å². The fourth-order valence-corrected chi connectivity index (χ4v) is 5.37. The van der Waals surface area contributed by atoms with E-state index >= 15 is 0 Å². The lowest BCUT2D eigenvalue weighted by Gasteiger charge is -2.34. The summed E-state index contributed by atoms with van der Waals surface area (Å²) in [5.74, 6) is 1.76. The molecule has 0 spiro atoms. The number of piperazine rings is 1. The summed E-state index contributed by atoms with van der Waals surface area (Å²) in [7, 11) is -3.67. The van der Waals surface area contributed by atoms with Gasteiger partial charge in [-0.2, -0.15) is 4.31 Å². The van der Waals surface area contributed by atoms with Crippen molar-refractivity contribution in [3.8, 4) is 11.6 Å². The normalized spacial score (nSPS) is 15.3. The zero-order chi connectivity index (χ0) is 21.1. The zero-order valence-corrected chi connectivity index (χ0v) is 18.8. The van der Waals surface area contributed by atoms with Gasteiger partial charge in [-0.25, -0.2) is 13.4 Å². The van der Waals surface area contributed by atoms with Gasteiger partial charge in [0.05, 0.1) is 6.61 Å². The summed E-state index contributed by atoms with van der Waals surface area (Å²) in [5, 5.41) is 8.52. The Balaban J connectivity index is 1.47. The molecule has 3 aromatic rings. The van der Waals surface area contributed by atoms with E-state index in [1.807, 2.05) is 24.0 Å². The number of aromatic nitrogens is 4. The second kappa shape index (κ2) is 8.70. The molecule has 9 nitrogen and oxygen atoms in total. The number of hydrogen-bond donors (Lipinski definition) is 0. The monoisotopic (exact) mass is 492 g/mol. The molecule has 0 atom stereocenters. The lowest BCUT2D eigenvalue weighted by Crippen LogP contribution is -2.49. The van der Waals surface area contributed by atoms with Crippen molar-refractivity contribution in [2.45, 2.75) is 11.8 Å². The maximum absolute atomic E-state index is 13.2. The van der Waals surface area contributed by atoms with Gasteiger partial charge in [-0.05, 0) is 37.3 Å². The number of sulfonamides is 1. The van der Waals surface area contributed by atoms with E-state index in [2.05, 4.69) is 31.1 Å². The van der Waals surface area contributed by atoms with Crippen LogP contribution >= 0.6 is 15.9 Å². The molecule has 0 radical (unpaired) electrons. The Morgan fingerprint density at radius 2 is 1.80 bits per heavy atom. The van der Waals surface area contributed by atoms with Crippen LogP contribution in [-0.4, -0.2) is 65.3 Å². The molecule has 1 aromatic carbocycles. The number of benzene rings is 1. The van der Waals surface area contributed by atoms with Crippen LogP contribution < -0.4 is 9.64 Å². The maximum atomic E-state index is 13.2. The molecule has 30 heavy (non-hydrogen) atoms. The van der Waals surface area contributed by atoms with Gasteiger partial charge in [-0.15, -0.1) is 10.2 Å². The molecule has 1 aliphatic heterocycles. The standard InChI is InChI=1S/C19H21BrN6O3S/c1-2-29-16-4-3-15(20)13-17(16)30(27,28)26-11-9-24(10-12-26)18-5-6-19(23-22-18)25-8-7-21-14-25/h3-8,13-14H,2,9-12H2,1H3. The Morgan fingerprint density at radius 1 is 1.07 bits per heavy atom. The first-order chi connectivity index (χ1) is 14.5. The number of hydrogen-bond acceptors (Lipinski definition) is 7. The topological polar surface area (TPSA) is 93.5 Å². The van der Waals surface area contributed by atoms with E-state index in [9.17, 15) is 8.42 Å². The summed E-state index contributed by atoms with van der Waals surface area (Å²) in [6.07, 6.45) is 5.13. The zero-order valence-electron chi connectivity index (χ0n) is 16.3. The largest absolute Gasteiger partial charge is 0.492 e. The van der Waals surface area contributed by atoms with Crippen LogP contribution in [0, 0.1) is 0 Å². The number of rotatable bonds is 6. The lowest BCUT2D eigenvalue weighted by molar-refractivity contribution is 0.327. The highest BCUT2D eigenvalue weighted by molar-refractivity contribution is 9.10. The first-order valence-electron chi connectivity index (χ1n) is 9.48.